The van der Waals surface area contributed by atoms with Crippen molar-refractivity contribution in [3.63, 3.8) is 0 Å². The first kappa shape index (κ1) is 11.3. The van der Waals surface area contributed by atoms with Gasteiger partial charge in [0, 0.05) is 27.2 Å². The quantitative estimate of drug-likeness (QED) is 0.556. The van der Waals surface area contributed by atoms with Crippen molar-refractivity contribution in [2.45, 2.75) is 6.92 Å². The molecule has 0 amide bonds. The Hall–Kier alpha value is -1.77. The van der Waals surface area contributed by atoms with E-state index in [-0.39, 0.29) is 5.78 Å². The van der Waals surface area contributed by atoms with Gasteiger partial charge in [-0.2, -0.15) is 0 Å². The summed E-state index contributed by atoms with van der Waals surface area (Å²) < 4.78 is 5.46. The number of nitrogens with zero attached hydrogens (tertiary/aromatic N) is 1. The molecule has 1 aromatic rings. The Morgan fingerprint density at radius 1 is 1.27 bits per heavy atom. The van der Waals surface area contributed by atoms with Crippen LogP contribution in [0.2, 0.25) is 0 Å². The molecule has 0 fully saturated rings. The summed E-state index contributed by atoms with van der Waals surface area (Å²) in [5, 5.41) is 0. The number of carbonyl (C=O) groups excluding carboxylic acids is 1. The standard InChI is InChI=1S/C12H15NO2/c1-10(14)12(9-13(2)3)15-11-7-5-4-6-8-11/h4-9H,1-3H3/b12-9-. The van der Waals surface area contributed by atoms with Gasteiger partial charge in [-0.1, -0.05) is 18.2 Å². The SMILES string of the molecule is CC(=O)/C(=C/N(C)C)Oc1ccccc1. The molecule has 0 spiro atoms. The maximum absolute atomic E-state index is 11.3. The number of carbonyl (C=O) groups is 1. The lowest BCUT2D eigenvalue weighted by Crippen LogP contribution is -2.11. The molecule has 0 radical (unpaired) electrons. The van der Waals surface area contributed by atoms with E-state index >= 15 is 0 Å². The summed E-state index contributed by atoms with van der Waals surface area (Å²) in [6.07, 6.45) is 1.66. The minimum atomic E-state index is -0.0902. The first-order valence-electron chi connectivity index (χ1n) is 4.71. The molecule has 15 heavy (non-hydrogen) atoms. The number of para-hydroxylation sites is 1. The van der Waals surface area contributed by atoms with Crippen LogP contribution >= 0.6 is 0 Å². The van der Waals surface area contributed by atoms with Crippen LogP contribution in [0.3, 0.4) is 0 Å². The van der Waals surface area contributed by atoms with E-state index in [0.29, 0.717) is 11.5 Å². The van der Waals surface area contributed by atoms with Gasteiger partial charge in [0.15, 0.2) is 11.5 Å². The molecule has 0 saturated carbocycles. The second-order valence-corrected chi connectivity index (χ2v) is 3.43. The van der Waals surface area contributed by atoms with Crippen LogP contribution in [0.4, 0.5) is 0 Å². The Balaban J connectivity index is 2.81. The maximum atomic E-state index is 11.3. The minimum Gasteiger partial charge on any atom is -0.452 e. The molecule has 3 heteroatoms. The van der Waals surface area contributed by atoms with E-state index in [1.54, 1.807) is 11.1 Å². The van der Waals surface area contributed by atoms with E-state index in [0.717, 1.165) is 0 Å². The summed E-state index contributed by atoms with van der Waals surface area (Å²) in [5.41, 5.74) is 0. The van der Waals surface area contributed by atoms with E-state index in [9.17, 15) is 4.79 Å². The van der Waals surface area contributed by atoms with E-state index in [1.165, 1.54) is 6.92 Å². The predicted octanol–water partition coefficient (Wildman–Crippen LogP) is 2.06. The third-order valence-electron chi connectivity index (χ3n) is 1.69. The summed E-state index contributed by atoms with van der Waals surface area (Å²) in [6.45, 7) is 1.48. The number of ketones is 1. The molecule has 0 N–H and O–H groups in total. The molecule has 0 heterocycles. The monoisotopic (exact) mass is 205 g/mol. The van der Waals surface area contributed by atoms with Crippen LogP contribution in [0, 0.1) is 0 Å². The fourth-order valence-electron chi connectivity index (χ4n) is 1.04. The fraction of sp³-hybridized carbons (Fsp3) is 0.250. The van der Waals surface area contributed by atoms with Gasteiger partial charge in [-0.05, 0) is 12.1 Å². The molecule has 0 aliphatic rings. The van der Waals surface area contributed by atoms with Gasteiger partial charge in [-0.15, -0.1) is 0 Å². The smallest absolute Gasteiger partial charge is 0.196 e. The van der Waals surface area contributed by atoms with Crippen LogP contribution in [-0.4, -0.2) is 24.8 Å². The fourth-order valence-corrected chi connectivity index (χ4v) is 1.04. The molecule has 3 nitrogen and oxygen atoms in total. The predicted molar refractivity (Wildman–Crippen MR) is 59.5 cm³/mol. The van der Waals surface area contributed by atoms with E-state index < -0.39 is 0 Å². The molecular formula is C12H15NO2. The molecule has 0 saturated heterocycles. The number of ether oxygens (including phenoxy) is 1. The van der Waals surface area contributed by atoms with Gasteiger partial charge in [0.1, 0.15) is 5.75 Å². The topological polar surface area (TPSA) is 29.5 Å². The highest BCUT2D eigenvalue weighted by molar-refractivity contribution is 5.91. The van der Waals surface area contributed by atoms with E-state index in [1.807, 2.05) is 44.4 Å². The van der Waals surface area contributed by atoms with Crippen LogP contribution in [0.1, 0.15) is 6.92 Å². The van der Waals surface area contributed by atoms with Crippen molar-refractivity contribution in [1.82, 2.24) is 4.90 Å². The highest BCUT2D eigenvalue weighted by Gasteiger charge is 2.06. The Labute approximate surface area is 90.0 Å². The summed E-state index contributed by atoms with van der Waals surface area (Å²) in [5.74, 6) is 0.916. The second-order valence-electron chi connectivity index (χ2n) is 3.43. The van der Waals surface area contributed by atoms with Crippen molar-refractivity contribution in [2.24, 2.45) is 0 Å². The van der Waals surface area contributed by atoms with Gasteiger partial charge in [0.2, 0.25) is 0 Å². The lowest BCUT2D eigenvalue weighted by Gasteiger charge is -2.10. The van der Waals surface area contributed by atoms with Crippen LogP contribution in [-0.2, 0) is 4.79 Å². The number of hydrogen-bond acceptors (Lipinski definition) is 3. The average Bonchev–Trinajstić information content (AvgIpc) is 2.17. The summed E-state index contributed by atoms with van der Waals surface area (Å²) in [7, 11) is 3.69. The van der Waals surface area contributed by atoms with Crippen molar-refractivity contribution in [2.75, 3.05) is 14.1 Å². The minimum absolute atomic E-state index is 0.0902. The Morgan fingerprint density at radius 2 is 1.87 bits per heavy atom. The van der Waals surface area contributed by atoms with Crippen molar-refractivity contribution < 1.29 is 9.53 Å². The normalized spacial score (nSPS) is 11.0. The van der Waals surface area contributed by atoms with Gasteiger partial charge in [-0.25, -0.2) is 0 Å². The van der Waals surface area contributed by atoms with Crippen molar-refractivity contribution in [3.05, 3.63) is 42.3 Å². The van der Waals surface area contributed by atoms with Crippen molar-refractivity contribution >= 4 is 5.78 Å². The molecular weight excluding hydrogens is 190 g/mol. The van der Waals surface area contributed by atoms with Crippen molar-refractivity contribution in [1.29, 1.82) is 0 Å². The molecule has 0 atom stereocenters. The van der Waals surface area contributed by atoms with E-state index in [2.05, 4.69) is 0 Å². The molecule has 0 aliphatic carbocycles. The zero-order valence-corrected chi connectivity index (χ0v) is 9.23. The van der Waals surface area contributed by atoms with Crippen molar-refractivity contribution in [3.8, 4) is 5.75 Å². The van der Waals surface area contributed by atoms with Gasteiger partial charge in [-0.3, -0.25) is 4.79 Å². The Morgan fingerprint density at radius 3 is 2.33 bits per heavy atom. The third kappa shape index (κ3) is 3.85. The highest BCUT2D eigenvalue weighted by atomic mass is 16.5. The van der Waals surface area contributed by atoms with Crippen LogP contribution in [0.15, 0.2) is 42.3 Å². The average molecular weight is 205 g/mol. The number of Topliss-reactive ketones (excluding diaryl/α,β-unsaturated/α-hetero) is 1. The molecule has 0 aromatic heterocycles. The number of rotatable bonds is 4. The first-order valence-corrected chi connectivity index (χ1v) is 4.71. The number of benzene rings is 1. The summed E-state index contributed by atoms with van der Waals surface area (Å²) >= 11 is 0. The number of hydrogen-bond donors (Lipinski definition) is 0. The Bertz CT molecular complexity index is 355. The lowest BCUT2D eigenvalue weighted by molar-refractivity contribution is -0.115. The van der Waals surface area contributed by atoms with E-state index in [4.69, 9.17) is 4.74 Å². The van der Waals surface area contributed by atoms with Gasteiger partial charge in [0.25, 0.3) is 0 Å². The molecule has 0 unspecified atom stereocenters. The third-order valence-corrected chi connectivity index (χ3v) is 1.69. The lowest BCUT2D eigenvalue weighted by atomic mass is 10.3. The largest absolute Gasteiger partial charge is 0.452 e. The summed E-state index contributed by atoms with van der Waals surface area (Å²) in [6, 6.07) is 9.25. The first-order chi connectivity index (χ1) is 7.09. The molecule has 1 rings (SSSR count). The summed E-state index contributed by atoms with van der Waals surface area (Å²) in [4.78, 5) is 13.0. The number of allylic oxidation sites excluding steroid dienone is 1. The van der Waals surface area contributed by atoms with Gasteiger partial charge >= 0.3 is 0 Å². The molecule has 0 aliphatic heterocycles. The molecule has 0 bridgehead atoms. The molecule has 80 valence electrons. The molecule has 1 aromatic carbocycles. The highest BCUT2D eigenvalue weighted by Crippen LogP contribution is 2.13. The second kappa shape index (κ2) is 5.20. The van der Waals surface area contributed by atoms with Crippen LogP contribution in [0.5, 0.6) is 5.75 Å². The Kier molecular flexibility index (Phi) is 3.92. The van der Waals surface area contributed by atoms with Crippen LogP contribution < -0.4 is 4.74 Å². The van der Waals surface area contributed by atoms with Crippen LogP contribution in [0.25, 0.3) is 0 Å². The van der Waals surface area contributed by atoms with Gasteiger partial charge in [0.05, 0.1) is 0 Å². The zero-order chi connectivity index (χ0) is 11.3. The van der Waals surface area contributed by atoms with Gasteiger partial charge < -0.3 is 9.64 Å². The maximum Gasteiger partial charge on any atom is 0.196 e. The zero-order valence-electron chi connectivity index (χ0n) is 9.23.